The van der Waals surface area contributed by atoms with Crippen molar-refractivity contribution < 1.29 is 31.5 Å². The minimum absolute atomic E-state index is 0.324. The molecule has 0 fully saturated rings. The molecule has 0 aliphatic carbocycles. The van der Waals surface area contributed by atoms with E-state index in [0.29, 0.717) is 12.0 Å². The molecule has 0 aliphatic heterocycles. The third-order valence-electron chi connectivity index (χ3n) is 3.33. The number of hydrazone groups is 1. The van der Waals surface area contributed by atoms with Crippen LogP contribution in [0.5, 0.6) is 5.75 Å². The predicted octanol–water partition coefficient (Wildman–Crippen LogP) is 3.47. The first-order valence-electron chi connectivity index (χ1n) is 7.40. The Hall–Kier alpha value is -2.97. The predicted molar refractivity (Wildman–Crippen MR) is 83.3 cm³/mol. The molecule has 1 amide bonds. The van der Waals surface area contributed by atoms with E-state index in [4.69, 9.17) is 4.74 Å². The summed E-state index contributed by atoms with van der Waals surface area (Å²) in [6, 6.07) is 6.94. The van der Waals surface area contributed by atoms with E-state index in [9.17, 15) is 26.7 Å². The number of nitrogens with one attached hydrogen (secondary N) is 1. The molecule has 4 nitrogen and oxygen atoms in total. The Labute approximate surface area is 145 Å². The van der Waals surface area contributed by atoms with Crippen molar-refractivity contribution in [1.29, 1.82) is 0 Å². The Morgan fingerprint density at radius 3 is 2.08 bits per heavy atom. The van der Waals surface area contributed by atoms with E-state index in [1.807, 2.05) is 24.5 Å². The molecule has 0 unspecified atom stereocenters. The topological polar surface area (TPSA) is 50.7 Å². The van der Waals surface area contributed by atoms with Crippen LogP contribution < -0.4 is 10.2 Å². The second-order valence-electron chi connectivity index (χ2n) is 5.06. The molecule has 138 valence electrons. The van der Waals surface area contributed by atoms with Crippen molar-refractivity contribution in [1.82, 2.24) is 5.43 Å². The molecule has 0 bridgehead atoms. The fraction of sp³-hybridized carbons (Fsp3) is 0.176. The largest absolute Gasteiger partial charge is 0.484 e. The first-order chi connectivity index (χ1) is 12.3. The Kier molecular flexibility index (Phi) is 6.26. The van der Waals surface area contributed by atoms with E-state index in [1.54, 1.807) is 12.1 Å². The number of halogens is 5. The van der Waals surface area contributed by atoms with Gasteiger partial charge in [0.25, 0.3) is 5.91 Å². The van der Waals surface area contributed by atoms with Gasteiger partial charge in [-0.15, -0.1) is 0 Å². The zero-order chi connectivity index (χ0) is 19.3. The van der Waals surface area contributed by atoms with Gasteiger partial charge < -0.3 is 4.74 Å². The fourth-order valence-corrected chi connectivity index (χ4v) is 1.91. The zero-order valence-electron chi connectivity index (χ0n) is 13.5. The van der Waals surface area contributed by atoms with Gasteiger partial charge in [0.05, 0.1) is 11.8 Å². The highest BCUT2D eigenvalue weighted by Crippen LogP contribution is 2.21. The van der Waals surface area contributed by atoms with Crippen molar-refractivity contribution >= 4 is 12.1 Å². The molecular weight excluding hydrogens is 359 g/mol. The SMILES string of the molecule is CCc1ccc(OCC(=O)N/N=C\c2c(F)c(F)c(F)c(F)c2F)cc1. The Balaban J connectivity index is 1.97. The summed E-state index contributed by atoms with van der Waals surface area (Å²) in [6.07, 6.45) is 1.16. The Morgan fingerprint density at radius 2 is 1.54 bits per heavy atom. The lowest BCUT2D eigenvalue weighted by molar-refractivity contribution is -0.123. The van der Waals surface area contributed by atoms with E-state index in [0.717, 1.165) is 12.0 Å². The van der Waals surface area contributed by atoms with E-state index in [-0.39, 0.29) is 0 Å². The van der Waals surface area contributed by atoms with E-state index < -0.39 is 47.2 Å². The number of amides is 1. The molecule has 2 aromatic rings. The van der Waals surface area contributed by atoms with Gasteiger partial charge in [-0.1, -0.05) is 19.1 Å². The van der Waals surface area contributed by atoms with Crippen molar-refractivity contribution in [2.24, 2.45) is 5.10 Å². The monoisotopic (exact) mass is 372 g/mol. The van der Waals surface area contributed by atoms with Gasteiger partial charge in [-0.25, -0.2) is 27.4 Å². The van der Waals surface area contributed by atoms with Gasteiger partial charge in [0.2, 0.25) is 5.82 Å². The van der Waals surface area contributed by atoms with Crippen molar-refractivity contribution in [2.75, 3.05) is 6.61 Å². The lowest BCUT2D eigenvalue weighted by Crippen LogP contribution is -2.24. The summed E-state index contributed by atoms with van der Waals surface area (Å²) in [6.45, 7) is 1.52. The molecule has 1 N–H and O–H groups in total. The third-order valence-corrected chi connectivity index (χ3v) is 3.33. The molecule has 0 saturated carbocycles. The number of hydrogen-bond donors (Lipinski definition) is 1. The van der Waals surface area contributed by atoms with Gasteiger partial charge in [-0.3, -0.25) is 4.79 Å². The number of nitrogens with zero attached hydrogens (tertiary/aromatic N) is 1. The zero-order valence-corrected chi connectivity index (χ0v) is 13.5. The summed E-state index contributed by atoms with van der Waals surface area (Å²) < 4.78 is 70.9. The van der Waals surface area contributed by atoms with Crippen LogP contribution in [-0.4, -0.2) is 18.7 Å². The third kappa shape index (κ3) is 4.35. The fourth-order valence-electron chi connectivity index (χ4n) is 1.91. The molecule has 0 radical (unpaired) electrons. The molecule has 0 saturated heterocycles. The average Bonchev–Trinajstić information content (AvgIpc) is 2.66. The highest BCUT2D eigenvalue weighted by atomic mass is 19.2. The summed E-state index contributed by atoms with van der Waals surface area (Å²) in [5, 5.41) is 3.17. The highest BCUT2D eigenvalue weighted by molar-refractivity contribution is 5.83. The lowest BCUT2D eigenvalue weighted by atomic mass is 10.2. The maximum absolute atomic E-state index is 13.4. The molecule has 0 aromatic heterocycles. The average molecular weight is 372 g/mol. The smallest absolute Gasteiger partial charge is 0.277 e. The van der Waals surface area contributed by atoms with Crippen LogP contribution in [0.25, 0.3) is 0 Å². The highest BCUT2D eigenvalue weighted by Gasteiger charge is 2.24. The Morgan fingerprint density at radius 1 is 1.00 bits per heavy atom. The van der Waals surface area contributed by atoms with Crippen LogP contribution in [0.3, 0.4) is 0 Å². The molecule has 2 rings (SSSR count). The van der Waals surface area contributed by atoms with Crippen LogP contribution in [0, 0.1) is 29.1 Å². The van der Waals surface area contributed by atoms with E-state index in [2.05, 4.69) is 5.10 Å². The molecule has 0 heterocycles. The number of hydrogen-bond acceptors (Lipinski definition) is 3. The van der Waals surface area contributed by atoms with Gasteiger partial charge >= 0.3 is 0 Å². The number of carbonyl (C=O) groups is 1. The van der Waals surface area contributed by atoms with Crippen LogP contribution in [-0.2, 0) is 11.2 Å². The normalized spacial score (nSPS) is 11.0. The second kappa shape index (κ2) is 8.41. The first-order valence-corrected chi connectivity index (χ1v) is 7.40. The molecule has 0 aliphatic rings. The van der Waals surface area contributed by atoms with Gasteiger partial charge in [-0.2, -0.15) is 5.10 Å². The summed E-state index contributed by atoms with van der Waals surface area (Å²) in [7, 11) is 0. The molecular formula is C17H13F5N2O2. The minimum atomic E-state index is -2.27. The molecule has 26 heavy (non-hydrogen) atoms. The molecule has 0 atom stereocenters. The molecule has 9 heteroatoms. The van der Waals surface area contributed by atoms with Crippen LogP contribution >= 0.6 is 0 Å². The maximum Gasteiger partial charge on any atom is 0.277 e. The summed E-state index contributed by atoms with van der Waals surface area (Å²) in [5.41, 5.74) is 1.68. The van der Waals surface area contributed by atoms with Gasteiger partial charge in [-0.05, 0) is 24.1 Å². The maximum atomic E-state index is 13.4. The van der Waals surface area contributed by atoms with Crippen LogP contribution in [0.2, 0.25) is 0 Å². The summed E-state index contributed by atoms with van der Waals surface area (Å²) >= 11 is 0. The van der Waals surface area contributed by atoms with Crippen molar-refractivity contribution in [3.05, 3.63) is 64.5 Å². The van der Waals surface area contributed by atoms with Gasteiger partial charge in [0, 0.05) is 0 Å². The van der Waals surface area contributed by atoms with Crippen LogP contribution in [0.1, 0.15) is 18.1 Å². The van der Waals surface area contributed by atoms with Crippen molar-refractivity contribution in [3.8, 4) is 5.75 Å². The molecule has 0 spiro atoms. The number of ether oxygens (including phenoxy) is 1. The summed E-state index contributed by atoms with van der Waals surface area (Å²) in [5.74, 6) is -10.9. The van der Waals surface area contributed by atoms with Crippen LogP contribution in [0.4, 0.5) is 22.0 Å². The Bertz CT molecular complexity index is 809. The van der Waals surface area contributed by atoms with E-state index in [1.165, 1.54) is 0 Å². The lowest BCUT2D eigenvalue weighted by Gasteiger charge is -2.06. The minimum Gasteiger partial charge on any atom is -0.484 e. The molecule has 2 aromatic carbocycles. The van der Waals surface area contributed by atoms with Crippen molar-refractivity contribution in [2.45, 2.75) is 13.3 Å². The number of carbonyl (C=O) groups excluding carboxylic acids is 1. The van der Waals surface area contributed by atoms with Gasteiger partial charge in [0.15, 0.2) is 29.9 Å². The standard InChI is InChI=1S/C17H13F5N2O2/c1-2-9-3-5-10(6-4-9)26-8-12(25)24-23-7-11-13(18)15(20)17(22)16(21)14(11)19/h3-7H,2,8H2,1H3,(H,24,25)/b23-7-. The summed E-state index contributed by atoms with van der Waals surface area (Å²) in [4.78, 5) is 11.5. The number of rotatable bonds is 6. The van der Waals surface area contributed by atoms with Crippen molar-refractivity contribution in [3.63, 3.8) is 0 Å². The second-order valence-corrected chi connectivity index (χ2v) is 5.06. The van der Waals surface area contributed by atoms with E-state index >= 15 is 0 Å². The quantitative estimate of drug-likeness (QED) is 0.278. The number of benzene rings is 2. The first kappa shape index (κ1) is 19.4. The number of aryl methyl sites for hydroxylation is 1. The van der Waals surface area contributed by atoms with Crippen LogP contribution in [0.15, 0.2) is 29.4 Å². The van der Waals surface area contributed by atoms with Gasteiger partial charge in [0.1, 0.15) is 5.75 Å².